The third-order valence-electron chi connectivity index (χ3n) is 5.62. The van der Waals surface area contributed by atoms with Crippen LogP contribution in [0.5, 0.6) is 11.5 Å². The maximum atomic E-state index is 10.5. The second kappa shape index (κ2) is 5.92. The van der Waals surface area contributed by atoms with Gasteiger partial charge in [-0.3, -0.25) is 0 Å². The Morgan fingerprint density at radius 2 is 1.52 bits per heavy atom. The third kappa shape index (κ3) is 2.60. The van der Waals surface area contributed by atoms with Crippen molar-refractivity contribution in [2.45, 2.75) is 57.3 Å². The van der Waals surface area contributed by atoms with E-state index in [4.69, 9.17) is 0 Å². The monoisotopic (exact) mass is 308 g/mol. The molecular weight excluding hydrogens is 284 g/mol. The summed E-state index contributed by atoms with van der Waals surface area (Å²) in [7, 11) is 0. The summed E-state index contributed by atoms with van der Waals surface area (Å²) in [5, 5.41) is 20.8. The Bertz CT molecular complexity index is 727. The number of benzene rings is 2. The predicted octanol–water partition coefficient (Wildman–Crippen LogP) is 5.30. The van der Waals surface area contributed by atoms with Gasteiger partial charge in [-0.15, -0.1) is 0 Å². The van der Waals surface area contributed by atoms with Crippen LogP contribution in [0.25, 0.3) is 11.1 Å². The molecule has 2 aliphatic carbocycles. The minimum atomic E-state index is 0.369. The average Bonchev–Trinajstić information content (AvgIpc) is 3.10. The number of phenolic OH excluding ortho intramolecular Hbond substituents is 2. The van der Waals surface area contributed by atoms with Gasteiger partial charge in [0.15, 0.2) is 0 Å². The molecule has 0 amide bonds. The zero-order chi connectivity index (χ0) is 15.8. The van der Waals surface area contributed by atoms with E-state index in [1.807, 2.05) is 18.2 Å². The Morgan fingerprint density at radius 1 is 0.783 bits per heavy atom. The minimum absolute atomic E-state index is 0.369. The van der Waals surface area contributed by atoms with Gasteiger partial charge in [-0.05, 0) is 84.9 Å². The molecule has 0 heterocycles. The first-order valence-electron chi connectivity index (χ1n) is 8.91. The summed E-state index contributed by atoms with van der Waals surface area (Å²) in [5.41, 5.74) is 5.79. The number of rotatable bonds is 2. The molecule has 2 N–H and O–H groups in total. The van der Waals surface area contributed by atoms with E-state index in [1.165, 1.54) is 36.8 Å². The van der Waals surface area contributed by atoms with Gasteiger partial charge in [-0.25, -0.2) is 0 Å². The van der Waals surface area contributed by atoms with E-state index < -0.39 is 0 Å². The van der Waals surface area contributed by atoms with Gasteiger partial charge in [-0.1, -0.05) is 25.0 Å². The molecule has 2 heteroatoms. The zero-order valence-corrected chi connectivity index (χ0v) is 13.5. The molecule has 120 valence electrons. The fourth-order valence-electron chi connectivity index (χ4n) is 4.41. The summed E-state index contributed by atoms with van der Waals surface area (Å²) >= 11 is 0. The van der Waals surface area contributed by atoms with Gasteiger partial charge >= 0.3 is 0 Å². The summed E-state index contributed by atoms with van der Waals surface area (Å²) in [6.07, 6.45) is 9.40. The van der Waals surface area contributed by atoms with Crippen LogP contribution in [0.1, 0.15) is 61.1 Å². The molecular formula is C21H24O2. The highest BCUT2D eigenvalue weighted by molar-refractivity contribution is 5.76. The van der Waals surface area contributed by atoms with Gasteiger partial charge in [-0.2, -0.15) is 0 Å². The van der Waals surface area contributed by atoms with Gasteiger partial charge in [0.2, 0.25) is 0 Å². The molecule has 1 fully saturated rings. The number of aryl methyl sites for hydroxylation is 1. The van der Waals surface area contributed by atoms with Crippen molar-refractivity contribution in [3.63, 3.8) is 0 Å². The minimum Gasteiger partial charge on any atom is -0.508 e. The van der Waals surface area contributed by atoms with Crippen LogP contribution in [0.3, 0.4) is 0 Å². The maximum Gasteiger partial charge on any atom is 0.123 e. The molecule has 0 spiro atoms. The predicted molar refractivity (Wildman–Crippen MR) is 93.1 cm³/mol. The number of hydrogen-bond acceptors (Lipinski definition) is 2. The van der Waals surface area contributed by atoms with E-state index in [2.05, 4.69) is 12.1 Å². The molecule has 23 heavy (non-hydrogen) atoms. The van der Waals surface area contributed by atoms with Gasteiger partial charge in [0.1, 0.15) is 11.5 Å². The van der Waals surface area contributed by atoms with Gasteiger partial charge in [0, 0.05) is 5.56 Å². The molecule has 0 radical (unpaired) electrons. The molecule has 0 saturated heterocycles. The van der Waals surface area contributed by atoms with E-state index in [1.54, 1.807) is 0 Å². The Labute approximate surface area is 137 Å². The Hall–Kier alpha value is -1.96. The fraction of sp³-hybridized carbons (Fsp3) is 0.429. The van der Waals surface area contributed by atoms with Crippen molar-refractivity contribution in [1.29, 1.82) is 0 Å². The van der Waals surface area contributed by atoms with Gasteiger partial charge in [0.25, 0.3) is 0 Å². The smallest absolute Gasteiger partial charge is 0.123 e. The Balaban J connectivity index is 1.83. The molecule has 2 nitrogen and oxygen atoms in total. The van der Waals surface area contributed by atoms with Crippen LogP contribution >= 0.6 is 0 Å². The molecule has 2 aromatic rings. The second-order valence-electron chi connectivity index (χ2n) is 7.06. The van der Waals surface area contributed by atoms with Crippen molar-refractivity contribution >= 4 is 0 Å². The molecule has 0 aliphatic heterocycles. The number of phenols is 2. The highest BCUT2D eigenvalue weighted by Crippen LogP contribution is 2.43. The second-order valence-corrected chi connectivity index (χ2v) is 7.06. The molecule has 0 bridgehead atoms. The first kappa shape index (κ1) is 14.6. The lowest BCUT2D eigenvalue weighted by atomic mass is 9.84. The van der Waals surface area contributed by atoms with Crippen molar-refractivity contribution in [3.8, 4) is 22.6 Å². The van der Waals surface area contributed by atoms with Crippen LogP contribution in [-0.4, -0.2) is 10.2 Å². The quantitative estimate of drug-likeness (QED) is 0.790. The van der Waals surface area contributed by atoms with Crippen molar-refractivity contribution in [1.82, 2.24) is 0 Å². The summed E-state index contributed by atoms with van der Waals surface area (Å²) in [6.45, 7) is 0. The van der Waals surface area contributed by atoms with Crippen LogP contribution in [0, 0.1) is 0 Å². The van der Waals surface area contributed by atoms with E-state index in [9.17, 15) is 10.2 Å². The Kier molecular flexibility index (Phi) is 3.76. The highest BCUT2D eigenvalue weighted by Gasteiger charge is 2.23. The maximum absolute atomic E-state index is 10.5. The van der Waals surface area contributed by atoms with Gasteiger partial charge in [0.05, 0.1) is 0 Å². The molecule has 0 atom stereocenters. The first-order valence-corrected chi connectivity index (χ1v) is 8.91. The summed E-state index contributed by atoms with van der Waals surface area (Å²) < 4.78 is 0. The number of fused-ring (bicyclic) bond motifs is 1. The van der Waals surface area contributed by atoms with Crippen LogP contribution in [0.2, 0.25) is 0 Å². The van der Waals surface area contributed by atoms with Crippen molar-refractivity contribution < 1.29 is 10.2 Å². The lowest BCUT2D eigenvalue weighted by Crippen LogP contribution is -2.05. The summed E-state index contributed by atoms with van der Waals surface area (Å²) in [5.74, 6) is 1.25. The van der Waals surface area contributed by atoms with Gasteiger partial charge < -0.3 is 10.2 Å². The Morgan fingerprint density at radius 3 is 2.35 bits per heavy atom. The molecule has 4 rings (SSSR count). The topological polar surface area (TPSA) is 40.5 Å². The largest absolute Gasteiger partial charge is 0.508 e. The lowest BCUT2D eigenvalue weighted by Gasteiger charge is -2.21. The molecule has 2 aromatic carbocycles. The number of aromatic hydroxyl groups is 2. The van der Waals surface area contributed by atoms with E-state index in [0.29, 0.717) is 17.4 Å². The molecule has 0 unspecified atom stereocenters. The van der Waals surface area contributed by atoms with Crippen molar-refractivity contribution in [2.24, 2.45) is 0 Å². The van der Waals surface area contributed by atoms with Crippen LogP contribution in [-0.2, 0) is 12.8 Å². The fourth-order valence-corrected chi connectivity index (χ4v) is 4.41. The van der Waals surface area contributed by atoms with E-state index in [0.717, 1.165) is 42.4 Å². The highest BCUT2D eigenvalue weighted by atomic mass is 16.3. The van der Waals surface area contributed by atoms with Crippen LogP contribution in [0.15, 0.2) is 30.3 Å². The molecule has 1 saturated carbocycles. The third-order valence-corrected chi connectivity index (χ3v) is 5.62. The van der Waals surface area contributed by atoms with E-state index in [-0.39, 0.29) is 0 Å². The summed E-state index contributed by atoms with van der Waals surface area (Å²) in [4.78, 5) is 0. The summed E-state index contributed by atoms with van der Waals surface area (Å²) in [6, 6.07) is 9.80. The average molecular weight is 308 g/mol. The first-order chi connectivity index (χ1) is 11.2. The molecule has 2 aliphatic rings. The van der Waals surface area contributed by atoms with Crippen LogP contribution < -0.4 is 0 Å². The van der Waals surface area contributed by atoms with Crippen molar-refractivity contribution in [3.05, 3.63) is 47.0 Å². The number of hydrogen-bond donors (Lipinski definition) is 2. The van der Waals surface area contributed by atoms with Crippen molar-refractivity contribution in [2.75, 3.05) is 0 Å². The standard InChI is InChI=1S/C21H24O2/c22-19-11-10-16(13-18(19)14-5-1-2-6-14)21-17-8-4-3-7-15(17)9-12-20(21)23/h9-14,22-23H,1-8H2. The normalized spacial score (nSPS) is 18.1. The molecule has 0 aromatic heterocycles. The SMILES string of the molecule is Oc1ccc(-c2c(O)ccc3c2CCCC3)cc1C1CCCC1. The van der Waals surface area contributed by atoms with E-state index >= 15 is 0 Å². The van der Waals surface area contributed by atoms with Crippen LogP contribution in [0.4, 0.5) is 0 Å². The zero-order valence-electron chi connectivity index (χ0n) is 13.5. The lowest BCUT2D eigenvalue weighted by molar-refractivity contribution is 0.461.